The third kappa shape index (κ3) is 2.29. The first-order valence-corrected chi connectivity index (χ1v) is 7.63. The van der Waals surface area contributed by atoms with Gasteiger partial charge in [-0.15, -0.1) is 0 Å². The van der Waals surface area contributed by atoms with E-state index in [0.29, 0.717) is 6.54 Å². The minimum atomic E-state index is -0.206. The summed E-state index contributed by atoms with van der Waals surface area (Å²) in [5.74, 6) is -0.167. The van der Waals surface area contributed by atoms with E-state index in [2.05, 4.69) is 16.4 Å². The maximum absolute atomic E-state index is 12.6. The number of likely N-dealkylation sites (tertiary alicyclic amines) is 1. The molecular weight excluding hydrogens is 272 g/mol. The molecular formula is C15H16N2O2S. The zero-order valence-corrected chi connectivity index (χ0v) is 12.1. The Hall–Kier alpha value is -1.88. The van der Waals surface area contributed by atoms with Crippen LogP contribution >= 0.6 is 11.3 Å². The van der Waals surface area contributed by atoms with Crippen LogP contribution in [0.1, 0.15) is 40.5 Å². The Morgan fingerprint density at radius 1 is 1.50 bits per heavy atom. The molecule has 3 rings (SSSR count). The van der Waals surface area contributed by atoms with Gasteiger partial charge in [-0.25, -0.2) is 0 Å². The van der Waals surface area contributed by atoms with Crippen molar-refractivity contribution in [3.8, 4) is 0 Å². The second-order valence-corrected chi connectivity index (χ2v) is 5.89. The van der Waals surface area contributed by atoms with Gasteiger partial charge in [-0.2, -0.15) is 11.3 Å². The van der Waals surface area contributed by atoms with Crippen LogP contribution in [0.5, 0.6) is 0 Å². The molecule has 1 fully saturated rings. The standard InChI is InChI=1S/C15H16N2O2S/c1-10-7-14(18)12(8-16-10)15(19)17-5-2-3-13(17)11-4-6-20-9-11/h4,6-9,13H,2-3,5H2,1H3,(H,16,18). The number of nitrogens with zero attached hydrogens (tertiary/aromatic N) is 1. The van der Waals surface area contributed by atoms with Gasteiger partial charge in [-0.1, -0.05) is 0 Å². The molecule has 0 saturated carbocycles. The van der Waals surface area contributed by atoms with E-state index in [1.165, 1.54) is 17.8 Å². The number of H-pyrrole nitrogens is 1. The Bertz CT molecular complexity index is 675. The van der Waals surface area contributed by atoms with E-state index in [9.17, 15) is 9.59 Å². The zero-order valence-electron chi connectivity index (χ0n) is 11.3. The smallest absolute Gasteiger partial charge is 0.259 e. The largest absolute Gasteiger partial charge is 0.364 e. The van der Waals surface area contributed by atoms with Crippen molar-refractivity contribution in [1.29, 1.82) is 0 Å². The van der Waals surface area contributed by atoms with Gasteiger partial charge in [-0.05, 0) is 42.2 Å². The quantitative estimate of drug-likeness (QED) is 0.923. The van der Waals surface area contributed by atoms with Crippen molar-refractivity contribution in [3.63, 3.8) is 0 Å². The van der Waals surface area contributed by atoms with Gasteiger partial charge in [-0.3, -0.25) is 9.59 Å². The van der Waals surface area contributed by atoms with Crippen LogP contribution in [0, 0.1) is 6.92 Å². The lowest BCUT2D eigenvalue weighted by atomic mass is 10.1. The van der Waals surface area contributed by atoms with Crippen molar-refractivity contribution in [2.24, 2.45) is 0 Å². The second kappa shape index (κ2) is 5.25. The fourth-order valence-electron chi connectivity index (χ4n) is 2.72. The van der Waals surface area contributed by atoms with Crippen LogP contribution in [0.3, 0.4) is 0 Å². The van der Waals surface area contributed by atoms with Crippen molar-refractivity contribution >= 4 is 17.2 Å². The number of carbonyl (C=O) groups is 1. The predicted molar refractivity (Wildman–Crippen MR) is 79.1 cm³/mol. The summed E-state index contributed by atoms with van der Waals surface area (Å²) in [6.45, 7) is 2.52. The highest BCUT2D eigenvalue weighted by atomic mass is 32.1. The molecule has 2 aromatic heterocycles. The summed E-state index contributed by atoms with van der Waals surface area (Å²) in [6.07, 6.45) is 3.48. The van der Waals surface area contributed by atoms with Crippen LogP contribution in [-0.2, 0) is 0 Å². The Morgan fingerprint density at radius 2 is 2.35 bits per heavy atom. The fraction of sp³-hybridized carbons (Fsp3) is 0.333. The van der Waals surface area contributed by atoms with Gasteiger partial charge in [0.05, 0.1) is 6.04 Å². The Kier molecular flexibility index (Phi) is 3.44. The number of aromatic amines is 1. The van der Waals surface area contributed by atoms with E-state index >= 15 is 0 Å². The van der Waals surface area contributed by atoms with Crippen molar-refractivity contribution in [3.05, 3.63) is 56.1 Å². The minimum absolute atomic E-state index is 0.106. The van der Waals surface area contributed by atoms with Gasteiger partial charge in [0, 0.05) is 24.5 Å². The number of aryl methyl sites for hydroxylation is 1. The molecule has 5 heteroatoms. The van der Waals surface area contributed by atoms with E-state index < -0.39 is 0 Å². The van der Waals surface area contributed by atoms with Crippen LogP contribution in [0.2, 0.25) is 0 Å². The monoisotopic (exact) mass is 288 g/mol. The fourth-order valence-corrected chi connectivity index (χ4v) is 3.42. The highest BCUT2D eigenvalue weighted by Crippen LogP contribution is 2.33. The van der Waals surface area contributed by atoms with Crippen molar-refractivity contribution in [2.45, 2.75) is 25.8 Å². The molecule has 0 aromatic carbocycles. The molecule has 3 heterocycles. The zero-order chi connectivity index (χ0) is 14.1. The molecule has 4 nitrogen and oxygen atoms in total. The SMILES string of the molecule is Cc1cc(=O)c(C(=O)N2CCCC2c2ccsc2)c[nH]1. The van der Waals surface area contributed by atoms with Crippen molar-refractivity contribution in [1.82, 2.24) is 9.88 Å². The molecule has 2 aromatic rings. The number of thiophene rings is 1. The lowest BCUT2D eigenvalue weighted by Crippen LogP contribution is -2.33. The third-order valence-corrected chi connectivity index (χ3v) is 4.43. The molecule has 0 radical (unpaired) electrons. The molecule has 0 spiro atoms. The topological polar surface area (TPSA) is 53.2 Å². The summed E-state index contributed by atoms with van der Waals surface area (Å²) in [4.78, 5) is 29.3. The summed E-state index contributed by atoms with van der Waals surface area (Å²) in [7, 11) is 0. The number of hydrogen-bond donors (Lipinski definition) is 1. The molecule has 1 amide bonds. The van der Waals surface area contributed by atoms with E-state index in [1.807, 2.05) is 10.3 Å². The number of aromatic nitrogens is 1. The first kappa shape index (κ1) is 13.1. The van der Waals surface area contributed by atoms with Crippen molar-refractivity contribution in [2.75, 3.05) is 6.54 Å². The normalized spacial score (nSPS) is 18.4. The molecule has 0 aliphatic carbocycles. The number of rotatable bonds is 2. The van der Waals surface area contributed by atoms with Gasteiger partial charge in [0.2, 0.25) is 0 Å². The third-order valence-electron chi connectivity index (χ3n) is 3.73. The highest BCUT2D eigenvalue weighted by Gasteiger charge is 2.31. The van der Waals surface area contributed by atoms with Crippen LogP contribution in [0.4, 0.5) is 0 Å². The van der Waals surface area contributed by atoms with E-state index in [0.717, 1.165) is 18.5 Å². The first-order valence-electron chi connectivity index (χ1n) is 6.69. The molecule has 1 saturated heterocycles. The van der Waals surface area contributed by atoms with Gasteiger partial charge < -0.3 is 9.88 Å². The lowest BCUT2D eigenvalue weighted by molar-refractivity contribution is 0.0734. The molecule has 1 N–H and O–H groups in total. The van der Waals surface area contributed by atoms with Gasteiger partial charge >= 0.3 is 0 Å². The molecule has 0 bridgehead atoms. The summed E-state index contributed by atoms with van der Waals surface area (Å²) >= 11 is 1.64. The Balaban J connectivity index is 1.91. The Labute approximate surface area is 121 Å². The molecule has 104 valence electrons. The maximum Gasteiger partial charge on any atom is 0.259 e. The van der Waals surface area contributed by atoms with E-state index in [1.54, 1.807) is 18.3 Å². The van der Waals surface area contributed by atoms with Crippen LogP contribution in [0.25, 0.3) is 0 Å². The summed E-state index contributed by atoms with van der Waals surface area (Å²) in [5, 5.41) is 4.10. The van der Waals surface area contributed by atoms with Crippen molar-refractivity contribution < 1.29 is 4.79 Å². The average molecular weight is 288 g/mol. The summed E-state index contributed by atoms with van der Waals surface area (Å²) < 4.78 is 0. The van der Waals surface area contributed by atoms with Gasteiger partial charge in [0.15, 0.2) is 5.43 Å². The van der Waals surface area contributed by atoms with E-state index in [4.69, 9.17) is 0 Å². The molecule has 1 aliphatic heterocycles. The number of pyridine rings is 1. The highest BCUT2D eigenvalue weighted by molar-refractivity contribution is 7.07. The number of carbonyl (C=O) groups excluding carboxylic acids is 1. The Morgan fingerprint density at radius 3 is 3.05 bits per heavy atom. The first-order chi connectivity index (χ1) is 9.66. The molecule has 1 atom stereocenters. The van der Waals surface area contributed by atoms with Crippen LogP contribution < -0.4 is 5.43 Å². The van der Waals surface area contributed by atoms with Crippen LogP contribution in [-0.4, -0.2) is 22.3 Å². The minimum Gasteiger partial charge on any atom is -0.364 e. The predicted octanol–water partition coefficient (Wildman–Crippen LogP) is 2.72. The van der Waals surface area contributed by atoms with Gasteiger partial charge in [0.25, 0.3) is 5.91 Å². The molecule has 1 unspecified atom stereocenters. The molecule has 1 aliphatic rings. The number of amides is 1. The second-order valence-electron chi connectivity index (χ2n) is 5.11. The number of hydrogen-bond acceptors (Lipinski definition) is 3. The van der Waals surface area contributed by atoms with Gasteiger partial charge in [0.1, 0.15) is 5.56 Å². The summed E-state index contributed by atoms with van der Waals surface area (Å²) in [6, 6.07) is 3.64. The molecule has 20 heavy (non-hydrogen) atoms. The van der Waals surface area contributed by atoms with E-state index in [-0.39, 0.29) is 22.9 Å². The number of nitrogens with one attached hydrogen (secondary N) is 1. The average Bonchev–Trinajstić information content (AvgIpc) is 3.09. The summed E-state index contributed by atoms with van der Waals surface area (Å²) in [5.41, 5.74) is 1.96. The van der Waals surface area contributed by atoms with Crippen LogP contribution in [0.15, 0.2) is 33.9 Å². The maximum atomic E-state index is 12.6. The lowest BCUT2D eigenvalue weighted by Gasteiger charge is -2.24.